The van der Waals surface area contributed by atoms with Crippen molar-refractivity contribution in [1.82, 2.24) is 4.90 Å². The molecule has 0 bridgehead atoms. The van der Waals surface area contributed by atoms with Gasteiger partial charge >= 0.3 is 6.18 Å². The number of hydrogen-bond donors (Lipinski definition) is 0. The predicted molar refractivity (Wildman–Crippen MR) is 56.4 cm³/mol. The molecule has 2 atom stereocenters. The van der Waals surface area contributed by atoms with Crippen LogP contribution in [-0.2, 0) is 9.53 Å². The number of carbonyl (C=O) groups excluding carboxylic acids is 1. The van der Waals surface area contributed by atoms with E-state index in [9.17, 15) is 18.0 Å². The zero-order valence-corrected chi connectivity index (χ0v) is 10.3. The van der Waals surface area contributed by atoms with Gasteiger partial charge in [0.05, 0.1) is 0 Å². The summed E-state index contributed by atoms with van der Waals surface area (Å²) in [6.07, 6.45) is -3.42. The van der Waals surface area contributed by atoms with Gasteiger partial charge in [0.25, 0.3) is 5.91 Å². The van der Waals surface area contributed by atoms with Gasteiger partial charge in [0.1, 0.15) is 12.6 Å². The van der Waals surface area contributed by atoms with Crippen molar-refractivity contribution >= 4 is 5.91 Å². The topological polar surface area (TPSA) is 29.5 Å². The normalized spacial score (nSPS) is 19.9. The van der Waals surface area contributed by atoms with Crippen LogP contribution in [0, 0.1) is 5.92 Å². The van der Waals surface area contributed by atoms with Crippen molar-refractivity contribution < 1.29 is 22.7 Å². The van der Waals surface area contributed by atoms with Crippen LogP contribution in [0.2, 0.25) is 0 Å². The fraction of sp³-hybridized carbons (Fsp3) is 0.909. The monoisotopic (exact) mass is 253 g/mol. The fourth-order valence-corrected chi connectivity index (χ4v) is 1.78. The van der Waals surface area contributed by atoms with Crippen LogP contribution in [0.3, 0.4) is 0 Å². The first-order valence-corrected chi connectivity index (χ1v) is 5.66. The van der Waals surface area contributed by atoms with Crippen LogP contribution >= 0.6 is 0 Å². The van der Waals surface area contributed by atoms with E-state index in [-0.39, 0.29) is 12.0 Å². The molecule has 1 fully saturated rings. The van der Waals surface area contributed by atoms with Gasteiger partial charge in [0, 0.05) is 13.2 Å². The molecule has 0 spiro atoms. The zero-order valence-electron chi connectivity index (χ0n) is 10.3. The van der Waals surface area contributed by atoms with Gasteiger partial charge in [0.2, 0.25) is 0 Å². The van der Waals surface area contributed by atoms with Crippen LogP contribution in [0.25, 0.3) is 0 Å². The highest BCUT2D eigenvalue weighted by molar-refractivity contribution is 5.81. The summed E-state index contributed by atoms with van der Waals surface area (Å²) < 4.78 is 42.1. The number of carbonyl (C=O) groups is 1. The molecule has 17 heavy (non-hydrogen) atoms. The number of amides is 1. The largest absolute Gasteiger partial charge is 0.406 e. The Kier molecular flexibility index (Phi) is 4.41. The molecule has 2 unspecified atom stereocenters. The predicted octanol–water partition coefficient (Wildman–Crippen LogP) is 2.21. The lowest BCUT2D eigenvalue weighted by molar-refractivity contribution is -0.171. The van der Waals surface area contributed by atoms with Crippen molar-refractivity contribution in [2.24, 2.45) is 5.92 Å². The molecule has 0 aliphatic heterocycles. The second-order valence-corrected chi connectivity index (χ2v) is 4.54. The molecule has 0 aromatic rings. The number of methoxy groups -OCH3 is 1. The first kappa shape index (κ1) is 14.3. The van der Waals surface area contributed by atoms with Crippen LogP contribution in [0.15, 0.2) is 0 Å². The number of halogens is 3. The maximum Gasteiger partial charge on any atom is 0.406 e. The Morgan fingerprint density at radius 1 is 1.41 bits per heavy atom. The highest BCUT2D eigenvalue weighted by Crippen LogP contribution is 2.36. The van der Waals surface area contributed by atoms with Gasteiger partial charge in [-0.3, -0.25) is 4.79 Å². The van der Waals surface area contributed by atoms with Crippen molar-refractivity contribution in [2.75, 3.05) is 13.7 Å². The van der Waals surface area contributed by atoms with E-state index in [1.807, 2.05) is 0 Å². The average molecular weight is 253 g/mol. The summed E-state index contributed by atoms with van der Waals surface area (Å²) in [5.41, 5.74) is 0. The second kappa shape index (κ2) is 5.25. The van der Waals surface area contributed by atoms with Gasteiger partial charge in [0.15, 0.2) is 0 Å². The van der Waals surface area contributed by atoms with E-state index in [4.69, 9.17) is 4.74 Å². The molecule has 0 N–H and O–H groups in total. The van der Waals surface area contributed by atoms with Crippen LogP contribution in [-0.4, -0.2) is 42.8 Å². The summed E-state index contributed by atoms with van der Waals surface area (Å²) in [5, 5.41) is 0. The van der Waals surface area contributed by atoms with E-state index in [0.29, 0.717) is 0 Å². The molecule has 100 valence electrons. The minimum atomic E-state index is -4.37. The van der Waals surface area contributed by atoms with Gasteiger partial charge < -0.3 is 9.64 Å². The fourth-order valence-electron chi connectivity index (χ4n) is 1.78. The molecule has 3 nitrogen and oxygen atoms in total. The maximum absolute atomic E-state index is 12.4. The van der Waals surface area contributed by atoms with Crippen LogP contribution in [0.1, 0.15) is 26.7 Å². The summed E-state index contributed by atoms with van der Waals surface area (Å²) in [4.78, 5) is 12.7. The lowest BCUT2D eigenvalue weighted by atomic mass is 10.1. The minimum absolute atomic E-state index is 0.199. The summed E-state index contributed by atoms with van der Waals surface area (Å²) >= 11 is 0. The van der Waals surface area contributed by atoms with Gasteiger partial charge in [-0.25, -0.2) is 0 Å². The van der Waals surface area contributed by atoms with Crippen molar-refractivity contribution in [1.29, 1.82) is 0 Å². The Bertz CT molecular complexity index is 276. The van der Waals surface area contributed by atoms with Crippen LogP contribution < -0.4 is 0 Å². The van der Waals surface area contributed by atoms with E-state index in [2.05, 4.69) is 0 Å². The van der Waals surface area contributed by atoms with Gasteiger partial charge in [-0.15, -0.1) is 0 Å². The number of ether oxygens (including phenoxy) is 1. The molecule has 0 heterocycles. The van der Waals surface area contributed by atoms with Crippen molar-refractivity contribution in [3.05, 3.63) is 0 Å². The average Bonchev–Trinajstić information content (AvgIpc) is 3.05. The van der Waals surface area contributed by atoms with E-state index in [1.54, 1.807) is 6.92 Å². The Morgan fingerprint density at radius 3 is 2.29 bits per heavy atom. The lowest BCUT2D eigenvalue weighted by Gasteiger charge is -2.31. The van der Waals surface area contributed by atoms with Gasteiger partial charge in [-0.05, 0) is 32.6 Å². The third-order valence-electron chi connectivity index (χ3n) is 3.13. The highest BCUT2D eigenvalue weighted by atomic mass is 19.4. The first-order valence-electron chi connectivity index (χ1n) is 5.66. The minimum Gasteiger partial charge on any atom is -0.372 e. The molecule has 0 radical (unpaired) electrons. The Morgan fingerprint density at radius 2 is 1.94 bits per heavy atom. The van der Waals surface area contributed by atoms with E-state index >= 15 is 0 Å². The molecule has 1 aliphatic rings. The quantitative estimate of drug-likeness (QED) is 0.751. The Balaban J connectivity index is 2.73. The van der Waals surface area contributed by atoms with Gasteiger partial charge in [-0.1, -0.05) is 0 Å². The van der Waals surface area contributed by atoms with Gasteiger partial charge in [-0.2, -0.15) is 13.2 Å². The smallest absolute Gasteiger partial charge is 0.372 e. The highest BCUT2D eigenvalue weighted by Gasteiger charge is 2.41. The SMILES string of the molecule is COC(C)C(=O)N(CC(F)(F)F)C(C)C1CC1. The standard InChI is InChI=1S/C11H18F3NO2/c1-7(9-4-5-9)15(6-11(12,13)14)10(16)8(2)17-3/h7-9H,4-6H2,1-3H3. The molecular formula is C11H18F3NO2. The first-order chi connectivity index (χ1) is 7.76. The molecule has 6 heteroatoms. The Labute approximate surface area is 98.9 Å². The number of hydrogen-bond acceptors (Lipinski definition) is 2. The molecule has 1 saturated carbocycles. The summed E-state index contributed by atoms with van der Waals surface area (Å²) in [5.74, 6) is -0.394. The van der Waals surface area contributed by atoms with Crippen molar-refractivity contribution in [3.63, 3.8) is 0 Å². The third-order valence-corrected chi connectivity index (χ3v) is 3.13. The van der Waals surface area contributed by atoms with E-state index in [0.717, 1.165) is 17.7 Å². The molecule has 0 saturated heterocycles. The van der Waals surface area contributed by atoms with Crippen molar-refractivity contribution in [3.8, 4) is 0 Å². The molecule has 1 amide bonds. The number of nitrogens with zero attached hydrogens (tertiary/aromatic N) is 1. The zero-order chi connectivity index (χ0) is 13.2. The molecule has 0 aromatic carbocycles. The van der Waals surface area contributed by atoms with Crippen LogP contribution in [0.4, 0.5) is 13.2 Å². The van der Waals surface area contributed by atoms with Crippen molar-refractivity contribution in [2.45, 2.75) is 45.0 Å². The Hall–Kier alpha value is -0.780. The second-order valence-electron chi connectivity index (χ2n) is 4.54. The molecular weight excluding hydrogens is 235 g/mol. The summed E-state index contributed by atoms with van der Waals surface area (Å²) in [6.45, 7) is 1.94. The van der Waals surface area contributed by atoms with E-state index in [1.165, 1.54) is 14.0 Å². The van der Waals surface area contributed by atoms with E-state index < -0.39 is 24.7 Å². The molecule has 0 aromatic heterocycles. The molecule has 1 aliphatic carbocycles. The lowest BCUT2D eigenvalue weighted by Crippen LogP contribution is -2.49. The number of alkyl halides is 3. The molecule has 1 rings (SSSR count). The van der Waals surface area contributed by atoms with Crippen LogP contribution in [0.5, 0.6) is 0 Å². The summed E-state index contributed by atoms with van der Waals surface area (Å²) in [6, 6.07) is -0.373. The summed E-state index contributed by atoms with van der Waals surface area (Å²) in [7, 11) is 1.32. The number of rotatable bonds is 5. The third kappa shape index (κ3) is 4.18. The maximum atomic E-state index is 12.4.